The number of ether oxygens (including phenoxy) is 1. The van der Waals surface area contributed by atoms with Crippen molar-refractivity contribution in [3.05, 3.63) is 42.2 Å². The predicted octanol–water partition coefficient (Wildman–Crippen LogP) is 3.75. The maximum absolute atomic E-state index is 12.5. The Labute approximate surface area is 159 Å². The first kappa shape index (κ1) is 19.1. The van der Waals surface area contributed by atoms with Gasteiger partial charge in [0, 0.05) is 30.7 Å². The summed E-state index contributed by atoms with van der Waals surface area (Å²) in [6.45, 7) is 6.66. The van der Waals surface area contributed by atoms with Gasteiger partial charge in [0.15, 0.2) is 0 Å². The van der Waals surface area contributed by atoms with Crippen LogP contribution in [0.15, 0.2) is 36.5 Å². The Morgan fingerprint density at radius 2 is 1.96 bits per heavy atom. The van der Waals surface area contributed by atoms with Crippen molar-refractivity contribution in [3.63, 3.8) is 0 Å². The summed E-state index contributed by atoms with van der Waals surface area (Å²) in [5.41, 5.74) is -0.0716. The SMILES string of the molecule is CC(C)(C)OC(=O)N(CCCNC(=O)c1nccc2ccccc12)C1CC1. The molecule has 1 aromatic carbocycles. The number of carbonyl (C=O) groups excluding carboxylic acids is 2. The number of fused-ring (bicyclic) bond motifs is 1. The van der Waals surface area contributed by atoms with Crippen LogP contribution in [0, 0.1) is 0 Å². The molecule has 3 rings (SSSR count). The smallest absolute Gasteiger partial charge is 0.410 e. The highest BCUT2D eigenvalue weighted by Gasteiger charge is 2.34. The molecule has 1 aliphatic rings. The van der Waals surface area contributed by atoms with Crippen LogP contribution in [0.2, 0.25) is 0 Å². The predicted molar refractivity (Wildman–Crippen MR) is 105 cm³/mol. The van der Waals surface area contributed by atoms with Gasteiger partial charge in [0.25, 0.3) is 5.91 Å². The summed E-state index contributed by atoms with van der Waals surface area (Å²) in [6, 6.07) is 9.86. The van der Waals surface area contributed by atoms with Gasteiger partial charge in [-0.1, -0.05) is 24.3 Å². The molecule has 0 unspecified atom stereocenters. The minimum atomic E-state index is -0.502. The topological polar surface area (TPSA) is 71.5 Å². The van der Waals surface area contributed by atoms with Crippen LogP contribution in [0.25, 0.3) is 10.8 Å². The molecule has 144 valence electrons. The van der Waals surface area contributed by atoms with Gasteiger partial charge in [-0.3, -0.25) is 9.78 Å². The second-order valence-electron chi connectivity index (χ2n) is 7.90. The standard InChI is InChI=1S/C21H27N3O3/c1-21(2,3)27-20(26)24(16-9-10-16)14-6-12-23-19(25)18-17-8-5-4-7-15(17)11-13-22-18/h4-5,7-8,11,13,16H,6,9-10,12,14H2,1-3H3,(H,23,25). The van der Waals surface area contributed by atoms with E-state index < -0.39 is 5.60 Å². The Hall–Kier alpha value is -2.63. The van der Waals surface area contributed by atoms with Crippen molar-refractivity contribution in [2.45, 2.75) is 51.7 Å². The average Bonchev–Trinajstić information content (AvgIpc) is 3.44. The fourth-order valence-corrected chi connectivity index (χ4v) is 2.97. The highest BCUT2D eigenvalue weighted by Crippen LogP contribution is 2.28. The molecule has 27 heavy (non-hydrogen) atoms. The Balaban J connectivity index is 1.53. The third-order valence-electron chi connectivity index (χ3n) is 4.37. The van der Waals surface area contributed by atoms with E-state index in [1.54, 1.807) is 11.1 Å². The first-order valence-corrected chi connectivity index (χ1v) is 9.47. The second kappa shape index (κ2) is 7.94. The Bertz CT molecular complexity index is 820. The molecule has 1 aromatic heterocycles. The molecular weight excluding hydrogens is 342 g/mol. The zero-order chi connectivity index (χ0) is 19.4. The molecule has 1 saturated carbocycles. The summed E-state index contributed by atoms with van der Waals surface area (Å²) in [4.78, 5) is 30.9. The van der Waals surface area contributed by atoms with E-state index in [1.165, 1.54) is 0 Å². The molecule has 6 nitrogen and oxygen atoms in total. The van der Waals surface area contributed by atoms with Crippen LogP contribution in [0.4, 0.5) is 4.79 Å². The van der Waals surface area contributed by atoms with Crippen LogP contribution in [0.5, 0.6) is 0 Å². The molecule has 1 N–H and O–H groups in total. The van der Waals surface area contributed by atoms with Gasteiger partial charge >= 0.3 is 6.09 Å². The van der Waals surface area contributed by atoms with Crippen LogP contribution < -0.4 is 5.32 Å². The summed E-state index contributed by atoms with van der Waals surface area (Å²) in [5.74, 6) is -0.193. The number of hydrogen-bond donors (Lipinski definition) is 1. The lowest BCUT2D eigenvalue weighted by molar-refractivity contribution is 0.0232. The van der Waals surface area contributed by atoms with E-state index >= 15 is 0 Å². The Morgan fingerprint density at radius 1 is 1.22 bits per heavy atom. The molecule has 0 saturated heterocycles. The van der Waals surface area contributed by atoms with Crippen LogP contribution in [-0.4, -0.2) is 46.6 Å². The number of hydrogen-bond acceptors (Lipinski definition) is 4. The third-order valence-corrected chi connectivity index (χ3v) is 4.37. The summed E-state index contributed by atoms with van der Waals surface area (Å²) in [6.07, 6.45) is 4.09. The number of amides is 2. The lowest BCUT2D eigenvalue weighted by Crippen LogP contribution is -2.40. The summed E-state index contributed by atoms with van der Waals surface area (Å²) in [7, 11) is 0. The van der Waals surface area contributed by atoms with Gasteiger partial charge in [0.05, 0.1) is 0 Å². The van der Waals surface area contributed by atoms with Crippen molar-refractivity contribution < 1.29 is 14.3 Å². The molecule has 6 heteroatoms. The minimum Gasteiger partial charge on any atom is -0.444 e. The van der Waals surface area contributed by atoms with Gasteiger partial charge in [0.1, 0.15) is 11.3 Å². The van der Waals surface area contributed by atoms with Crippen LogP contribution in [0.1, 0.15) is 50.5 Å². The maximum atomic E-state index is 12.5. The van der Waals surface area contributed by atoms with E-state index in [2.05, 4.69) is 10.3 Å². The highest BCUT2D eigenvalue weighted by atomic mass is 16.6. The van der Waals surface area contributed by atoms with Gasteiger partial charge in [-0.2, -0.15) is 0 Å². The van der Waals surface area contributed by atoms with E-state index in [9.17, 15) is 9.59 Å². The molecule has 2 amide bonds. The lowest BCUT2D eigenvalue weighted by atomic mass is 10.1. The summed E-state index contributed by atoms with van der Waals surface area (Å²) in [5, 5.41) is 4.74. The summed E-state index contributed by atoms with van der Waals surface area (Å²) < 4.78 is 5.49. The zero-order valence-electron chi connectivity index (χ0n) is 16.2. The number of carbonyl (C=O) groups is 2. The molecule has 1 aliphatic carbocycles. The first-order chi connectivity index (χ1) is 12.8. The quantitative estimate of drug-likeness (QED) is 0.787. The highest BCUT2D eigenvalue weighted by molar-refractivity contribution is 6.05. The van der Waals surface area contributed by atoms with E-state index in [1.807, 2.05) is 51.1 Å². The van der Waals surface area contributed by atoms with Gasteiger partial charge in [-0.25, -0.2) is 4.79 Å². The molecule has 1 fully saturated rings. The van der Waals surface area contributed by atoms with Gasteiger partial charge < -0.3 is 15.0 Å². The monoisotopic (exact) mass is 369 g/mol. The molecule has 2 aromatic rings. The normalized spacial score (nSPS) is 14.0. The number of nitrogens with zero attached hydrogens (tertiary/aromatic N) is 2. The number of nitrogens with one attached hydrogen (secondary N) is 1. The molecule has 0 bridgehead atoms. The van der Waals surface area contributed by atoms with E-state index in [4.69, 9.17) is 4.74 Å². The maximum Gasteiger partial charge on any atom is 0.410 e. The number of benzene rings is 1. The van der Waals surface area contributed by atoms with Crippen LogP contribution >= 0.6 is 0 Å². The minimum absolute atomic E-state index is 0.193. The fourth-order valence-electron chi connectivity index (χ4n) is 2.97. The van der Waals surface area contributed by atoms with Gasteiger partial charge in [-0.15, -0.1) is 0 Å². The fraction of sp³-hybridized carbons (Fsp3) is 0.476. The first-order valence-electron chi connectivity index (χ1n) is 9.47. The van der Waals surface area contributed by atoms with Crippen molar-refractivity contribution >= 4 is 22.8 Å². The van der Waals surface area contributed by atoms with Crippen molar-refractivity contribution in [2.24, 2.45) is 0 Å². The van der Waals surface area contributed by atoms with Crippen molar-refractivity contribution in [1.82, 2.24) is 15.2 Å². The number of rotatable bonds is 6. The van der Waals surface area contributed by atoms with E-state index in [0.717, 1.165) is 23.6 Å². The molecular formula is C21H27N3O3. The van der Waals surface area contributed by atoms with Gasteiger partial charge in [-0.05, 0) is 51.5 Å². The molecule has 0 aliphatic heterocycles. The van der Waals surface area contributed by atoms with Crippen molar-refractivity contribution in [2.75, 3.05) is 13.1 Å². The Kier molecular flexibility index (Phi) is 5.63. The van der Waals surface area contributed by atoms with Crippen LogP contribution in [-0.2, 0) is 4.74 Å². The third kappa shape index (κ3) is 5.18. The van der Waals surface area contributed by atoms with Crippen molar-refractivity contribution in [1.29, 1.82) is 0 Å². The molecule has 0 spiro atoms. The molecule has 0 atom stereocenters. The summed E-state index contributed by atoms with van der Waals surface area (Å²) >= 11 is 0. The molecule has 0 radical (unpaired) electrons. The van der Waals surface area contributed by atoms with Gasteiger partial charge in [0.2, 0.25) is 0 Å². The zero-order valence-corrected chi connectivity index (χ0v) is 16.2. The van der Waals surface area contributed by atoms with E-state index in [0.29, 0.717) is 25.2 Å². The Morgan fingerprint density at radius 3 is 2.67 bits per heavy atom. The number of pyridine rings is 1. The number of aromatic nitrogens is 1. The van der Waals surface area contributed by atoms with Crippen molar-refractivity contribution in [3.8, 4) is 0 Å². The lowest BCUT2D eigenvalue weighted by Gasteiger charge is -2.27. The second-order valence-corrected chi connectivity index (χ2v) is 7.90. The molecule has 1 heterocycles. The van der Waals surface area contributed by atoms with E-state index in [-0.39, 0.29) is 18.0 Å². The van der Waals surface area contributed by atoms with Crippen LogP contribution in [0.3, 0.4) is 0 Å². The average molecular weight is 369 g/mol. The largest absolute Gasteiger partial charge is 0.444 e.